The molecule has 0 spiro atoms. The summed E-state index contributed by atoms with van der Waals surface area (Å²) in [4.78, 5) is 11.4. The van der Waals surface area contributed by atoms with Crippen LogP contribution in [0.1, 0.15) is 22.8 Å². The Morgan fingerprint density at radius 1 is 1.11 bits per heavy atom. The molecule has 1 aromatic rings. The molecule has 0 fully saturated rings. The SMILES string of the molecule is CCOc1c(F)c(COC)c(F)c(F)c1C(=O)OC. The van der Waals surface area contributed by atoms with Crippen LogP contribution in [-0.4, -0.2) is 26.8 Å². The molecule has 0 saturated carbocycles. The fourth-order valence-corrected chi connectivity index (χ4v) is 1.52. The number of carbonyl (C=O) groups excluding carboxylic acids is 1. The van der Waals surface area contributed by atoms with Crippen molar-refractivity contribution in [3.8, 4) is 5.75 Å². The van der Waals surface area contributed by atoms with Crippen molar-refractivity contribution in [2.45, 2.75) is 13.5 Å². The highest BCUT2D eigenvalue weighted by Gasteiger charge is 2.30. The molecule has 0 heterocycles. The third kappa shape index (κ3) is 2.81. The van der Waals surface area contributed by atoms with Crippen molar-refractivity contribution in [3.05, 3.63) is 28.6 Å². The predicted molar refractivity (Wildman–Crippen MR) is 59.5 cm³/mol. The average molecular weight is 278 g/mol. The van der Waals surface area contributed by atoms with Crippen molar-refractivity contribution < 1.29 is 32.2 Å². The quantitative estimate of drug-likeness (QED) is 0.613. The molecule has 0 bridgehead atoms. The monoisotopic (exact) mass is 278 g/mol. The van der Waals surface area contributed by atoms with E-state index in [0.29, 0.717) is 0 Å². The van der Waals surface area contributed by atoms with E-state index < -0.39 is 46.9 Å². The zero-order chi connectivity index (χ0) is 14.6. The molecule has 0 aliphatic heterocycles. The third-order valence-electron chi connectivity index (χ3n) is 2.34. The topological polar surface area (TPSA) is 44.8 Å². The van der Waals surface area contributed by atoms with Crippen LogP contribution in [0.15, 0.2) is 0 Å². The lowest BCUT2D eigenvalue weighted by Crippen LogP contribution is -2.15. The van der Waals surface area contributed by atoms with Crippen LogP contribution in [0.2, 0.25) is 0 Å². The first kappa shape index (κ1) is 15.3. The zero-order valence-corrected chi connectivity index (χ0v) is 10.7. The molecule has 0 amide bonds. The Morgan fingerprint density at radius 2 is 1.74 bits per heavy atom. The first-order valence-corrected chi connectivity index (χ1v) is 5.38. The van der Waals surface area contributed by atoms with Gasteiger partial charge in [-0.25, -0.2) is 18.0 Å². The highest BCUT2D eigenvalue weighted by Crippen LogP contribution is 2.32. The van der Waals surface area contributed by atoms with Crippen LogP contribution >= 0.6 is 0 Å². The van der Waals surface area contributed by atoms with E-state index in [0.717, 1.165) is 7.11 Å². The Kier molecular flexibility index (Phi) is 5.17. The van der Waals surface area contributed by atoms with Gasteiger partial charge in [0.2, 0.25) is 0 Å². The van der Waals surface area contributed by atoms with E-state index in [-0.39, 0.29) is 6.61 Å². The van der Waals surface area contributed by atoms with Gasteiger partial charge in [0.15, 0.2) is 23.2 Å². The maximum Gasteiger partial charge on any atom is 0.344 e. The van der Waals surface area contributed by atoms with Crippen LogP contribution in [0.4, 0.5) is 13.2 Å². The number of hydrogen-bond acceptors (Lipinski definition) is 4. The molecule has 7 heteroatoms. The van der Waals surface area contributed by atoms with Gasteiger partial charge in [-0.2, -0.15) is 0 Å². The molecule has 0 atom stereocenters. The van der Waals surface area contributed by atoms with Crippen LogP contribution in [0, 0.1) is 17.5 Å². The molecule has 0 saturated heterocycles. The minimum atomic E-state index is -1.52. The van der Waals surface area contributed by atoms with Crippen LogP contribution in [0.3, 0.4) is 0 Å². The van der Waals surface area contributed by atoms with Crippen molar-refractivity contribution >= 4 is 5.97 Å². The van der Waals surface area contributed by atoms with Gasteiger partial charge >= 0.3 is 5.97 Å². The highest BCUT2D eigenvalue weighted by molar-refractivity contribution is 5.93. The number of methoxy groups -OCH3 is 2. The Hall–Kier alpha value is -1.76. The largest absolute Gasteiger partial charge is 0.490 e. The summed E-state index contributed by atoms with van der Waals surface area (Å²) in [5.41, 5.74) is -1.55. The van der Waals surface area contributed by atoms with E-state index >= 15 is 0 Å². The first-order chi connectivity index (χ1) is 8.99. The van der Waals surface area contributed by atoms with Crippen LogP contribution in [-0.2, 0) is 16.1 Å². The van der Waals surface area contributed by atoms with Gasteiger partial charge in [-0.05, 0) is 6.92 Å². The minimum Gasteiger partial charge on any atom is -0.490 e. The Labute approximate surface area is 108 Å². The number of benzene rings is 1. The van der Waals surface area contributed by atoms with Crippen molar-refractivity contribution in [1.29, 1.82) is 0 Å². The molecule has 1 aromatic carbocycles. The molecule has 0 aliphatic rings. The molecule has 0 unspecified atom stereocenters. The predicted octanol–water partition coefficient (Wildman–Crippen LogP) is 2.44. The smallest absolute Gasteiger partial charge is 0.344 e. The second-order valence-corrected chi connectivity index (χ2v) is 3.48. The van der Waals surface area contributed by atoms with Gasteiger partial charge in [-0.1, -0.05) is 0 Å². The summed E-state index contributed by atoms with van der Waals surface area (Å²) in [6, 6.07) is 0. The molecule has 106 valence electrons. The molecular formula is C12H13F3O4. The fourth-order valence-electron chi connectivity index (χ4n) is 1.52. The van der Waals surface area contributed by atoms with Crippen LogP contribution in [0.25, 0.3) is 0 Å². The lowest BCUT2D eigenvalue weighted by atomic mass is 10.1. The summed E-state index contributed by atoms with van der Waals surface area (Å²) in [6.07, 6.45) is 0. The van der Waals surface area contributed by atoms with Gasteiger partial charge in [0.05, 0.1) is 25.9 Å². The summed E-state index contributed by atoms with van der Waals surface area (Å²) in [6.45, 7) is 0.992. The molecule has 19 heavy (non-hydrogen) atoms. The number of esters is 1. The molecule has 0 aliphatic carbocycles. The highest BCUT2D eigenvalue weighted by atomic mass is 19.2. The maximum absolute atomic E-state index is 14.0. The lowest BCUT2D eigenvalue weighted by Gasteiger charge is -2.14. The first-order valence-electron chi connectivity index (χ1n) is 5.38. The third-order valence-corrected chi connectivity index (χ3v) is 2.34. The number of ether oxygens (including phenoxy) is 3. The maximum atomic E-state index is 14.0. The Balaban J connectivity index is 3.58. The Bertz CT molecular complexity index is 489. The van der Waals surface area contributed by atoms with E-state index in [4.69, 9.17) is 4.74 Å². The lowest BCUT2D eigenvalue weighted by molar-refractivity contribution is 0.0587. The molecule has 0 N–H and O–H groups in total. The minimum absolute atomic E-state index is 0.0294. The molecule has 4 nitrogen and oxygen atoms in total. The number of rotatable bonds is 5. The summed E-state index contributed by atoms with van der Waals surface area (Å²) in [5, 5.41) is 0. The van der Waals surface area contributed by atoms with Gasteiger partial charge in [0.1, 0.15) is 5.56 Å². The van der Waals surface area contributed by atoms with Crippen molar-refractivity contribution in [1.82, 2.24) is 0 Å². The van der Waals surface area contributed by atoms with E-state index in [1.54, 1.807) is 0 Å². The summed E-state index contributed by atoms with van der Waals surface area (Å²) in [7, 11) is 2.17. The molecule has 0 radical (unpaired) electrons. The number of carbonyl (C=O) groups is 1. The van der Waals surface area contributed by atoms with Gasteiger partial charge in [-0.3, -0.25) is 0 Å². The van der Waals surface area contributed by atoms with Crippen LogP contribution < -0.4 is 4.74 Å². The van der Waals surface area contributed by atoms with Gasteiger partial charge in [0.25, 0.3) is 0 Å². The van der Waals surface area contributed by atoms with Gasteiger partial charge in [-0.15, -0.1) is 0 Å². The zero-order valence-electron chi connectivity index (χ0n) is 10.7. The molecule has 1 rings (SSSR count). The normalized spacial score (nSPS) is 10.4. The Morgan fingerprint density at radius 3 is 2.21 bits per heavy atom. The second-order valence-electron chi connectivity index (χ2n) is 3.48. The fraction of sp³-hybridized carbons (Fsp3) is 0.417. The molecular weight excluding hydrogens is 265 g/mol. The van der Waals surface area contributed by atoms with E-state index in [1.807, 2.05) is 0 Å². The van der Waals surface area contributed by atoms with Gasteiger partial charge in [0, 0.05) is 7.11 Å². The van der Waals surface area contributed by atoms with Crippen molar-refractivity contribution in [2.75, 3.05) is 20.8 Å². The summed E-state index contributed by atoms with van der Waals surface area (Å²) < 4.78 is 55.3. The van der Waals surface area contributed by atoms with Crippen LogP contribution in [0.5, 0.6) is 5.75 Å². The summed E-state index contributed by atoms with van der Waals surface area (Å²) in [5.74, 6) is -6.10. The van der Waals surface area contributed by atoms with E-state index in [2.05, 4.69) is 9.47 Å². The second kappa shape index (κ2) is 6.42. The number of halogens is 3. The van der Waals surface area contributed by atoms with Crippen molar-refractivity contribution in [3.63, 3.8) is 0 Å². The molecule has 0 aromatic heterocycles. The van der Waals surface area contributed by atoms with E-state index in [1.165, 1.54) is 14.0 Å². The summed E-state index contributed by atoms with van der Waals surface area (Å²) >= 11 is 0. The van der Waals surface area contributed by atoms with Crippen molar-refractivity contribution in [2.24, 2.45) is 0 Å². The van der Waals surface area contributed by atoms with Gasteiger partial charge < -0.3 is 14.2 Å². The number of hydrogen-bond donors (Lipinski definition) is 0. The average Bonchev–Trinajstić information content (AvgIpc) is 2.40. The van der Waals surface area contributed by atoms with E-state index in [9.17, 15) is 18.0 Å². The standard InChI is InChI=1S/C12H13F3O4/c1-4-19-11-7(12(16)18-3)10(15)8(13)6(5-17-2)9(11)14/h4-5H2,1-3H3.